The Morgan fingerprint density at radius 3 is 2.83 bits per heavy atom. The van der Waals surface area contributed by atoms with E-state index in [1.165, 1.54) is 0 Å². The van der Waals surface area contributed by atoms with Crippen LogP contribution in [0.15, 0.2) is 36.8 Å². The van der Waals surface area contributed by atoms with Crippen LogP contribution in [-0.4, -0.2) is 26.7 Å². The summed E-state index contributed by atoms with van der Waals surface area (Å²) in [5, 5.41) is 6.88. The van der Waals surface area contributed by atoms with Crippen molar-refractivity contribution in [3.05, 3.63) is 42.4 Å². The number of carbonyl (C=O) groups excluding carboxylic acids is 1. The van der Waals surface area contributed by atoms with E-state index in [4.69, 9.17) is 5.73 Å². The summed E-state index contributed by atoms with van der Waals surface area (Å²) >= 11 is 0. The molecule has 2 aromatic rings. The lowest BCUT2D eigenvalue weighted by atomic mass is 10.3. The number of pyridine rings is 1. The van der Waals surface area contributed by atoms with Gasteiger partial charge in [0.05, 0.1) is 12.6 Å². The van der Waals surface area contributed by atoms with Crippen molar-refractivity contribution in [2.75, 3.05) is 5.32 Å². The van der Waals surface area contributed by atoms with E-state index in [0.717, 1.165) is 5.56 Å². The normalized spacial score (nSPS) is 12.1. The number of nitrogens with zero attached hydrogens (tertiary/aromatic N) is 3. The molecule has 18 heavy (non-hydrogen) atoms. The van der Waals surface area contributed by atoms with Crippen LogP contribution in [0.3, 0.4) is 0 Å². The minimum Gasteiger partial charge on any atom is -0.320 e. The van der Waals surface area contributed by atoms with Gasteiger partial charge in [0.2, 0.25) is 5.91 Å². The van der Waals surface area contributed by atoms with Gasteiger partial charge in [-0.25, -0.2) is 0 Å². The fourth-order valence-electron chi connectivity index (χ4n) is 1.43. The summed E-state index contributed by atoms with van der Waals surface area (Å²) in [6.07, 6.45) is 5.27. The molecule has 0 radical (unpaired) electrons. The minimum absolute atomic E-state index is 0.246. The van der Waals surface area contributed by atoms with Crippen molar-refractivity contribution >= 4 is 11.7 Å². The fraction of sp³-hybridized carbons (Fsp3) is 0.250. The van der Waals surface area contributed by atoms with Gasteiger partial charge in [-0.2, -0.15) is 5.10 Å². The number of nitrogens with two attached hydrogens (primary N) is 1. The van der Waals surface area contributed by atoms with Crippen molar-refractivity contribution in [2.24, 2.45) is 5.73 Å². The molecule has 94 valence electrons. The van der Waals surface area contributed by atoms with E-state index < -0.39 is 6.04 Å². The third kappa shape index (κ3) is 3.14. The number of amides is 1. The minimum atomic E-state index is -0.546. The Balaban J connectivity index is 2.00. The van der Waals surface area contributed by atoms with Crippen LogP contribution in [0.25, 0.3) is 0 Å². The number of hydrogen-bond acceptors (Lipinski definition) is 4. The van der Waals surface area contributed by atoms with Gasteiger partial charge in [-0.3, -0.25) is 14.5 Å². The zero-order valence-corrected chi connectivity index (χ0v) is 10.1. The van der Waals surface area contributed by atoms with Crippen molar-refractivity contribution in [3.8, 4) is 0 Å². The first-order valence-electron chi connectivity index (χ1n) is 5.64. The lowest BCUT2D eigenvalue weighted by Crippen LogP contribution is -2.32. The monoisotopic (exact) mass is 245 g/mol. The summed E-state index contributed by atoms with van der Waals surface area (Å²) in [6, 6.07) is 5.03. The quantitative estimate of drug-likeness (QED) is 0.826. The first-order chi connectivity index (χ1) is 8.65. The molecule has 2 aromatic heterocycles. The SMILES string of the molecule is CC(N)C(=O)Nc1ccn(Cc2ccncc2)n1. The molecule has 1 atom stereocenters. The summed E-state index contributed by atoms with van der Waals surface area (Å²) in [7, 11) is 0. The van der Waals surface area contributed by atoms with E-state index in [2.05, 4.69) is 15.4 Å². The lowest BCUT2D eigenvalue weighted by molar-refractivity contribution is -0.117. The zero-order chi connectivity index (χ0) is 13.0. The summed E-state index contributed by atoms with van der Waals surface area (Å²) in [6.45, 7) is 2.26. The van der Waals surface area contributed by atoms with Crippen molar-refractivity contribution in [2.45, 2.75) is 19.5 Å². The topological polar surface area (TPSA) is 85.8 Å². The molecule has 0 fully saturated rings. The van der Waals surface area contributed by atoms with Gasteiger partial charge in [-0.15, -0.1) is 0 Å². The van der Waals surface area contributed by atoms with Crippen LogP contribution in [0.1, 0.15) is 12.5 Å². The first kappa shape index (κ1) is 12.3. The van der Waals surface area contributed by atoms with Crippen LogP contribution < -0.4 is 11.1 Å². The highest BCUT2D eigenvalue weighted by Crippen LogP contribution is 2.05. The van der Waals surface area contributed by atoms with E-state index in [1.54, 1.807) is 36.3 Å². The van der Waals surface area contributed by atoms with E-state index in [0.29, 0.717) is 12.4 Å². The molecule has 1 amide bonds. The molecule has 0 bridgehead atoms. The number of hydrogen-bond donors (Lipinski definition) is 2. The van der Waals surface area contributed by atoms with Gasteiger partial charge in [0.1, 0.15) is 0 Å². The second-order valence-electron chi connectivity index (χ2n) is 4.03. The molecule has 6 heteroatoms. The summed E-state index contributed by atoms with van der Waals surface area (Å²) in [4.78, 5) is 15.3. The predicted molar refractivity (Wildman–Crippen MR) is 67.8 cm³/mol. The van der Waals surface area contributed by atoms with Gasteiger partial charge in [0, 0.05) is 24.7 Å². The molecule has 0 saturated carbocycles. The highest BCUT2D eigenvalue weighted by Gasteiger charge is 2.09. The molecular formula is C12H15N5O. The van der Waals surface area contributed by atoms with Gasteiger partial charge < -0.3 is 11.1 Å². The predicted octanol–water partition coefficient (Wildman–Crippen LogP) is 0.612. The second kappa shape index (κ2) is 5.42. The molecule has 6 nitrogen and oxygen atoms in total. The molecule has 0 aliphatic carbocycles. The average Bonchev–Trinajstić information content (AvgIpc) is 2.77. The first-order valence-corrected chi connectivity index (χ1v) is 5.64. The van der Waals surface area contributed by atoms with Crippen LogP contribution in [0, 0.1) is 0 Å². The maximum Gasteiger partial charge on any atom is 0.242 e. The molecule has 0 aliphatic rings. The van der Waals surface area contributed by atoms with Gasteiger partial charge in [-0.05, 0) is 24.6 Å². The molecule has 0 spiro atoms. The van der Waals surface area contributed by atoms with Crippen molar-refractivity contribution in [1.29, 1.82) is 0 Å². The van der Waals surface area contributed by atoms with Crippen molar-refractivity contribution in [1.82, 2.24) is 14.8 Å². The molecule has 3 N–H and O–H groups in total. The van der Waals surface area contributed by atoms with Gasteiger partial charge in [0.25, 0.3) is 0 Å². The second-order valence-corrected chi connectivity index (χ2v) is 4.03. The number of rotatable bonds is 4. The largest absolute Gasteiger partial charge is 0.320 e. The average molecular weight is 245 g/mol. The molecule has 0 aliphatic heterocycles. The van der Waals surface area contributed by atoms with Crippen LogP contribution in [0.2, 0.25) is 0 Å². The molecule has 2 rings (SSSR count). The summed E-state index contributed by atoms with van der Waals surface area (Å²) in [5.74, 6) is 0.260. The van der Waals surface area contributed by atoms with Crippen LogP contribution in [0.4, 0.5) is 5.82 Å². The molecule has 0 saturated heterocycles. The molecular weight excluding hydrogens is 230 g/mol. The smallest absolute Gasteiger partial charge is 0.242 e. The van der Waals surface area contributed by atoms with E-state index in [1.807, 2.05) is 12.1 Å². The number of anilines is 1. The van der Waals surface area contributed by atoms with Gasteiger partial charge in [-0.1, -0.05) is 0 Å². The maximum absolute atomic E-state index is 11.4. The standard InChI is InChI=1S/C12H15N5O/c1-9(13)12(18)15-11-4-7-17(16-11)8-10-2-5-14-6-3-10/h2-7,9H,8,13H2,1H3,(H,15,16,18). The number of aromatic nitrogens is 3. The Morgan fingerprint density at radius 2 is 2.17 bits per heavy atom. The van der Waals surface area contributed by atoms with Crippen LogP contribution >= 0.6 is 0 Å². The Labute approximate surface area is 105 Å². The third-order valence-corrected chi connectivity index (χ3v) is 2.40. The number of nitrogens with one attached hydrogen (secondary N) is 1. The number of carbonyl (C=O) groups is 1. The fourth-order valence-corrected chi connectivity index (χ4v) is 1.43. The molecule has 1 unspecified atom stereocenters. The van der Waals surface area contributed by atoms with Crippen molar-refractivity contribution < 1.29 is 4.79 Å². The molecule has 2 heterocycles. The van der Waals surface area contributed by atoms with Crippen LogP contribution in [-0.2, 0) is 11.3 Å². The molecule has 0 aromatic carbocycles. The highest BCUT2D eigenvalue weighted by atomic mass is 16.2. The van der Waals surface area contributed by atoms with Crippen LogP contribution in [0.5, 0.6) is 0 Å². The van der Waals surface area contributed by atoms with Crippen molar-refractivity contribution in [3.63, 3.8) is 0 Å². The van der Waals surface area contributed by atoms with E-state index in [-0.39, 0.29) is 5.91 Å². The van der Waals surface area contributed by atoms with Gasteiger partial charge in [0.15, 0.2) is 5.82 Å². The highest BCUT2D eigenvalue weighted by molar-refractivity contribution is 5.93. The maximum atomic E-state index is 11.4. The van der Waals surface area contributed by atoms with Gasteiger partial charge >= 0.3 is 0 Å². The Hall–Kier alpha value is -2.21. The Morgan fingerprint density at radius 1 is 1.44 bits per heavy atom. The Kier molecular flexibility index (Phi) is 3.69. The van der Waals surface area contributed by atoms with E-state index >= 15 is 0 Å². The Bertz CT molecular complexity index is 520. The summed E-state index contributed by atoms with van der Waals surface area (Å²) < 4.78 is 1.74. The lowest BCUT2D eigenvalue weighted by Gasteiger charge is -2.04. The van der Waals surface area contributed by atoms with E-state index in [9.17, 15) is 4.79 Å². The summed E-state index contributed by atoms with van der Waals surface area (Å²) in [5.41, 5.74) is 6.56. The third-order valence-electron chi connectivity index (χ3n) is 2.40. The zero-order valence-electron chi connectivity index (χ0n) is 10.1.